The van der Waals surface area contributed by atoms with Gasteiger partial charge in [0.2, 0.25) is 0 Å². The summed E-state index contributed by atoms with van der Waals surface area (Å²) in [6.45, 7) is 1.06. The van der Waals surface area contributed by atoms with Crippen LogP contribution >= 0.6 is 0 Å². The first-order valence-electron chi connectivity index (χ1n) is 8.14. The molecule has 5 rings (SSSR count). The molecule has 0 saturated carbocycles. The Labute approximate surface area is 146 Å². The molecule has 0 aliphatic heterocycles. The largest absolute Gasteiger partial charge is 0.394 e. The predicted molar refractivity (Wildman–Crippen MR) is 92.3 cm³/mol. The zero-order valence-electron chi connectivity index (χ0n) is 13.7. The summed E-state index contributed by atoms with van der Waals surface area (Å²) in [6, 6.07) is 3.79. The van der Waals surface area contributed by atoms with Crippen molar-refractivity contribution in [2.24, 2.45) is 0 Å². The van der Waals surface area contributed by atoms with Crippen LogP contribution in [-0.2, 0) is 13.1 Å². The third kappa shape index (κ3) is 2.43. The summed E-state index contributed by atoms with van der Waals surface area (Å²) in [5.41, 5.74) is 4.81. The number of aromatic amines is 1. The second kappa shape index (κ2) is 5.77. The fourth-order valence-corrected chi connectivity index (χ4v) is 2.85. The summed E-state index contributed by atoms with van der Waals surface area (Å²) < 4.78 is 5.30. The summed E-state index contributed by atoms with van der Waals surface area (Å²) in [7, 11) is 0. The second-order valence-electron chi connectivity index (χ2n) is 5.89. The molecule has 0 aromatic carbocycles. The number of rotatable bonds is 5. The first kappa shape index (κ1) is 14.8. The van der Waals surface area contributed by atoms with Gasteiger partial charge in [0.15, 0.2) is 16.9 Å². The number of fused-ring (bicyclic) bond motifs is 2. The van der Waals surface area contributed by atoms with Crippen molar-refractivity contribution < 1.29 is 5.11 Å². The SMILES string of the molecule is OCCn1cc(-c2cnc3[nH]n(Cc4ccn5nccc5n4)c3n2)cn1. The van der Waals surface area contributed by atoms with Crippen molar-refractivity contribution in [2.75, 3.05) is 6.61 Å². The smallest absolute Gasteiger partial charge is 0.193 e. The van der Waals surface area contributed by atoms with E-state index in [1.807, 2.05) is 29.2 Å². The fraction of sp³-hybridized carbons (Fsp3) is 0.188. The van der Waals surface area contributed by atoms with E-state index in [-0.39, 0.29) is 6.61 Å². The maximum absolute atomic E-state index is 9.00. The number of hydrogen-bond donors (Lipinski definition) is 2. The zero-order valence-corrected chi connectivity index (χ0v) is 13.7. The van der Waals surface area contributed by atoms with Gasteiger partial charge in [-0.2, -0.15) is 10.2 Å². The van der Waals surface area contributed by atoms with Gasteiger partial charge < -0.3 is 5.11 Å². The highest BCUT2D eigenvalue weighted by molar-refractivity contribution is 5.71. The average Bonchev–Trinajstić information content (AvgIpc) is 3.29. The minimum absolute atomic E-state index is 0.0449. The van der Waals surface area contributed by atoms with E-state index in [4.69, 9.17) is 5.11 Å². The van der Waals surface area contributed by atoms with Gasteiger partial charge >= 0.3 is 0 Å². The number of aliphatic hydroxyl groups excluding tert-OH is 1. The first-order chi connectivity index (χ1) is 12.8. The van der Waals surface area contributed by atoms with Crippen LogP contribution < -0.4 is 0 Å². The lowest BCUT2D eigenvalue weighted by molar-refractivity contribution is 0.269. The fourth-order valence-electron chi connectivity index (χ4n) is 2.85. The summed E-state index contributed by atoms with van der Waals surface area (Å²) in [5, 5.41) is 20.5. The Hall–Kier alpha value is -3.53. The molecule has 10 heteroatoms. The maximum atomic E-state index is 9.00. The third-order valence-corrected chi connectivity index (χ3v) is 4.14. The Morgan fingerprint density at radius 1 is 1.12 bits per heavy atom. The molecule has 5 heterocycles. The lowest BCUT2D eigenvalue weighted by atomic mass is 10.3. The van der Waals surface area contributed by atoms with Gasteiger partial charge in [-0.1, -0.05) is 0 Å². The molecule has 0 spiro atoms. The molecule has 0 saturated heterocycles. The molecule has 0 radical (unpaired) electrons. The lowest BCUT2D eigenvalue weighted by Crippen LogP contribution is -2.15. The van der Waals surface area contributed by atoms with Crippen LogP contribution in [0.2, 0.25) is 0 Å². The molecule has 5 aromatic rings. The van der Waals surface area contributed by atoms with Gasteiger partial charge in [-0.15, -0.1) is 0 Å². The molecule has 0 unspecified atom stereocenters. The van der Waals surface area contributed by atoms with Gasteiger partial charge in [0, 0.05) is 24.0 Å². The Balaban J connectivity index is 1.45. The van der Waals surface area contributed by atoms with Crippen LogP contribution in [0.3, 0.4) is 0 Å². The van der Waals surface area contributed by atoms with E-state index in [0.717, 1.165) is 33.9 Å². The zero-order chi connectivity index (χ0) is 17.5. The number of nitrogens with zero attached hydrogens (tertiary/aromatic N) is 8. The molecule has 0 fully saturated rings. The minimum Gasteiger partial charge on any atom is -0.394 e. The maximum Gasteiger partial charge on any atom is 0.193 e. The van der Waals surface area contributed by atoms with Crippen LogP contribution in [0, 0.1) is 0 Å². The summed E-state index contributed by atoms with van der Waals surface area (Å²) >= 11 is 0. The second-order valence-corrected chi connectivity index (χ2v) is 5.89. The number of aliphatic hydroxyl groups is 1. The number of hydrogen-bond acceptors (Lipinski definition) is 6. The molecule has 2 N–H and O–H groups in total. The first-order valence-corrected chi connectivity index (χ1v) is 8.14. The van der Waals surface area contributed by atoms with Crippen LogP contribution in [-0.4, -0.2) is 55.8 Å². The van der Waals surface area contributed by atoms with Crippen molar-refractivity contribution in [1.29, 1.82) is 0 Å². The normalized spacial score (nSPS) is 11.7. The molecule has 0 atom stereocenters. The molecule has 0 aliphatic rings. The highest BCUT2D eigenvalue weighted by Gasteiger charge is 2.13. The Bertz CT molecular complexity index is 1190. The van der Waals surface area contributed by atoms with Crippen LogP contribution in [0.5, 0.6) is 0 Å². The van der Waals surface area contributed by atoms with Gasteiger partial charge in [-0.05, 0) is 6.07 Å². The molecule has 0 aliphatic carbocycles. The Morgan fingerprint density at radius 2 is 2.08 bits per heavy atom. The van der Waals surface area contributed by atoms with E-state index >= 15 is 0 Å². The van der Waals surface area contributed by atoms with Crippen LogP contribution in [0.4, 0.5) is 0 Å². The van der Waals surface area contributed by atoms with E-state index in [1.165, 1.54) is 0 Å². The lowest BCUT2D eigenvalue weighted by Gasteiger charge is -2.15. The minimum atomic E-state index is 0.0449. The highest BCUT2D eigenvalue weighted by Crippen LogP contribution is 2.19. The van der Waals surface area contributed by atoms with Gasteiger partial charge in [0.25, 0.3) is 0 Å². The molecule has 26 heavy (non-hydrogen) atoms. The Kier molecular flexibility index (Phi) is 3.28. The molecule has 0 amide bonds. The van der Waals surface area contributed by atoms with Gasteiger partial charge in [-0.3, -0.25) is 14.5 Å². The van der Waals surface area contributed by atoms with Crippen LogP contribution in [0.25, 0.3) is 28.2 Å². The van der Waals surface area contributed by atoms with Crippen molar-refractivity contribution in [1.82, 2.24) is 44.1 Å². The van der Waals surface area contributed by atoms with Crippen molar-refractivity contribution >= 4 is 16.9 Å². The average molecular weight is 349 g/mol. The van der Waals surface area contributed by atoms with E-state index < -0.39 is 0 Å². The molecular formula is C16H15N9O. The van der Waals surface area contributed by atoms with Gasteiger partial charge in [-0.25, -0.2) is 19.5 Å². The van der Waals surface area contributed by atoms with E-state index in [9.17, 15) is 0 Å². The molecular weight excluding hydrogens is 334 g/mol. The predicted octanol–water partition coefficient (Wildman–Crippen LogP) is 0.706. The Morgan fingerprint density at radius 3 is 3.00 bits per heavy atom. The monoisotopic (exact) mass is 349 g/mol. The summed E-state index contributed by atoms with van der Waals surface area (Å²) in [4.78, 5) is 13.6. The molecule has 5 aromatic heterocycles. The van der Waals surface area contributed by atoms with Crippen LogP contribution in [0.1, 0.15) is 5.69 Å². The van der Waals surface area contributed by atoms with Crippen molar-refractivity contribution in [3.63, 3.8) is 0 Å². The van der Waals surface area contributed by atoms with Gasteiger partial charge in [0.1, 0.15) is 0 Å². The summed E-state index contributed by atoms with van der Waals surface area (Å²) in [5.74, 6) is 0. The number of aromatic nitrogens is 9. The number of H-pyrrole nitrogens is 1. The van der Waals surface area contributed by atoms with Crippen LogP contribution in [0.15, 0.2) is 43.1 Å². The van der Waals surface area contributed by atoms with E-state index in [2.05, 4.69) is 30.2 Å². The highest BCUT2D eigenvalue weighted by atomic mass is 16.3. The van der Waals surface area contributed by atoms with E-state index in [0.29, 0.717) is 13.1 Å². The van der Waals surface area contributed by atoms with Gasteiger partial charge in [0.05, 0.1) is 49.7 Å². The molecule has 10 nitrogen and oxygen atoms in total. The quantitative estimate of drug-likeness (QED) is 0.483. The van der Waals surface area contributed by atoms with E-state index in [1.54, 1.807) is 27.8 Å². The van der Waals surface area contributed by atoms with Crippen molar-refractivity contribution in [2.45, 2.75) is 13.1 Å². The van der Waals surface area contributed by atoms with Crippen molar-refractivity contribution in [3.8, 4) is 11.3 Å². The standard InChI is InChI=1S/C16H15N9O/c26-6-5-23-9-11(7-19-23)13-8-17-15-16(21-13)25(22-15)10-12-2-4-24-14(20-12)1-3-18-24/h1-4,7-9,26H,5-6,10H2,(H,17,22). The molecule has 0 bridgehead atoms. The topological polar surface area (TPSA) is 115 Å². The number of nitrogens with one attached hydrogen (secondary N) is 1. The van der Waals surface area contributed by atoms with Crippen molar-refractivity contribution in [3.05, 3.63) is 48.8 Å². The molecule has 130 valence electrons. The summed E-state index contributed by atoms with van der Waals surface area (Å²) in [6.07, 6.45) is 8.88. The third-order valence-electron chi connectivity index (χ3n) is 4.14.